The minimum Gasteiger partial charge on any atom is -0.395 e. The summed E-state index contributed by atoms with van der Waals surface area (Å²) in [6.45, 7) is 3.95. The van der Waals surface area contributed by atoms with Crippen LogP contribution in [-0.4, -0.2) is 37.4 Å². The Bertz CT molecular complexity index is 357. The number of nitrogens with one attached hydrogen (secondary N) is 2. The van der Waals surface area contributed by atoms with Gasteiger partial charge in [-0.05, 0) is 11.5 Å². The summed E-state index contributed by atoms with van der Waals surface area (Å²) in [7, 11) is 0. The van der Waals surface area contributed by atoms with E-state index in [9.17, 15) is 4.79 Å². The van der Waals surface area contributed by atoms with E-state index in [2.05, 4.69) is 10.6 Å². The molecule has 1 atom stereocenters. The zero-order chi connectivity index (χ0) is 13.9. The van der Waals surface area contributed by atoms with Gasteiger partial charge in [0.2, 0.25) is 0 Å². The summed E-state index contributed by atoms with van der Waals surface area (Å²) in [4.78, 5) is 11.2. The van der Waals surface area contributed by atoms with Crippen molar-refractivity contribution in [3.8, 4) is 0 Å². The van der Waals surface area contributed by atoms with Gasteiger partial charge in [-0.15, -0.1) is 0 Å². The molecule has 19 heavy (non-hydrogen) atoms. The minimum absolute atomic E-state index is 0.0524. The van der Waals surface area contributed by atoms with Crippen molar-refractivity contribution in [1.29, 1.82) is 0 Å². The van der Waals surface area contributed by atoms with Crippen molar-refractivity contribution in [2.24, 2.45) is 5.92 Å². The van der Waals surface area contributed by atoms with Gasteiger partial charge in [0.1, 0.15) is 0 Å². The molecule has 0 radical (unpaired) electrons. The Labute approximate surface area is 114 Å². The normalized spacial score (nSPS) is 11.9. The molecule has 5 heteroatoms. The van der Waals surface area contributed by atoms with Crippen LogP contribution in [0.15, 0.2) is 30.3 Å². The molecule has 0 spiro atoms. The van der Waals surface area contributed by atoms with Gasteiger partial charge in [0.15, 0.2) is 0 Å². The number of carbonyl (C=O) groups is 1. The first kappa shape index (κ1) is 15.5. The van der Waals surface area contributed by atoms with Gasteiger partial charge in [-0.2, -0.15) is 0 Å². The van der Waals surface area contributed by atoms with Crippen molar-refractivity contribution in [1.82, 2.24) is 10.6 Å². The second-order valence-corrected chi connectivity index (χ2v) is 4.47. The molecule has 0 saturated heterocycles. The van der Waals surface area contributed by atoms with E-state index in [0.717, 1.165) is 5.56 Å². The molecule has 0 bridgehead atoms. The molecule has 0 aliphatic heterocycles. The molecule has 0 aliphatic carbocycles. The van der Waals surface area contributed by atoms with E-state index < -0.39 is 0 Å². The molecule has 0 heterocycles. The van der Waals surface area contributed by atoms with E-state index in [1.54, 1.807) is 0 Å². The SMILES string of the molecule is CC(CNC(=O)NCCO)COCc1ccccc1. The maximum atomic E-state index is 11.2. The Balaban J connectivity index is 2.08. The Kier molecular flexibility index (Phi) is 7.62. The fraction of sp³-hybridized carbons (Fsp3) is 0.500. The summed E-state index contributed by atoms with van der Waals surface area (Å²) in [5.74, 6) is 0.239. The number of benzene rings is 1. The van der Waals surface area contributed by atoms with Crippen LogP contribution in [0.3, 0.4) is 0 Å². The monoisotopic (exact) mass is 266 g/mol. The number of carbonyl (C=O) groups excluding carboxylic acids is 1. The molecule has 2 amide bonds. The van der Waals surface area contributed by atoms with Crippen LogP contribution >= 0.6 is 0 Å². The van der Waals surface area contributed by atoms with Crippen LogP contribution in [0.5, 0.6) is 0 Å². The van der Waals surface area contributed by atoms with E-state index in [4.69, 9.17) is 9.84 Å². The molecule has 0 aromatic heterocycles. The average Bonchev–Trinajstić information content (AvgIpc) is 2.44. The van der Waals surface area contributed by atoms with Crippen LogP contribution in [0.1, 0.15) is 12.5 Å². The lowest BCUT2D eigenvalue weighted by molar-refractivity contribution is 0.0924. The quantitative estimate of drug-likeness (QED) is 0.660. The number of amides is 2. The number of aliphatic hydroxyl groups excluding tert-OH is 1. The lowest BCUT2D eigenvalue weighted by Gasteiger charge is -2.13. The maximum Gasteiger partial charge on any atom is 0.314 e. The van der Waals surface area contributed by atoms with E-state index >= 15 is 0 Å². The van der Waals surface area contributed by atoms with Gasteiger partial charge < -0.3 is 20.5 Å². The lowest BCUT2D eigenvalue weighted by Crippen LogP contribution is -2.39. The van der Waals surface area contributed by atoms with Crippen LogP contribution in [-0.2, 0) is 11.3 Å². The highest BCUT2D eigenvalue weighted by Crippen LogP contribution is 2.02. The number of urea groups is 1. The molecule has 0 aliphatic rings. The van der Waals surface area contributed by atoms with Gasteiger partial charge in [0.05, 0.1) is 19.8 Å². The Morgan fingerprint density at radius 3 is 2.74 bits per heavy atom. The number of hydrogen-bond donors (Lipinski definition) is 3. The van der Waals surface area contributed by atoms with Gasteiger partial charge >= 0.3 is 6.03 Å². The molecule has 0 saturated carbocycles. The highest BCUT2D eigenvalue weighted by molar-refractivity contribution is 5.73. The fourth-order valence-electron chi connectivity index (χ4n) is 1.51. The Morgan fingerprint density at radius 2 is 2.05 bits per heavy atom. The van der Waals surface area contributed by atoms with E-state index in [1.165, 1.54) is 0 Å². The van der Waals surface area contributed by atoms with E-state index in [-0.39, 0.29) is 25.1 Å². The van der Waals surface area contributed by atoms with Crippen molar-refractivity contribution in [3.05, 3.63) is 35.9 Å². The van der Waals surface area contributed by atoms with Crippen molar-refractivity contribution in [2.75, 3.05) is 26.3 Å². The summed E-state index contributed by atoms with van der Waals surface area (Å²) < 4.78 is 5.58. The summed E-state index contributed by atoms with van der Waals surface area (Å²) in [5.41, 5.74) is 1.14. The average molecular weight is 266 g/mol. The van der Waals surface area contributed by atoms with Crippen molar-refractivity contribution in [2.45, 2.75) is 13.5 Å². The molecule has 3 N–H and O–H groups in total. The van der Waals surface area contributed by atoms with E-state index in [0.29, 0.717) is 19.8 Å². The highest BCUT2D eigenvalue weighted by atomic mass is 16.5. The summed E-state index contributed by atoms with van der Waals surface area (Å²) in [6.07, 6.45) is 0. The maximum absolute atomic E-state index is 11.2. The highest BCUT2D eigenvalue weighted by Gasteiger charge is 2.05. The smallest absolute Gasteiger partial charge is 0.314 e. The van der Waals surface area contributed by atoms with Gasteiger partial charge in [0, 0.05) is 13.1 Å². The predicted molar refractivity (Wildman–Crippen MR) is 73.7 cm³/mol. The van der Waals surface area contributed by atoms with Crippen LogP contribution in [0, 0.1) is 5.92 Å². The second kappa shape index (κ2) is 9.35. The molecule has 1 aromatic carbocycles. The number of ether oxygens (including phenoxy) is 1. The molecule has 1 aromatic rings. The third-order valence-electron chi connectivity index (χ3n) is 2.52. The number of rotatable bonds is 8. The van der Waals surface area contributed by atoms with E-state index in [1.807, 2.05) is 37.3 Å². The standard InChI is InChI=1S/C14H22N2O3/c1-12(9-16-14(18)15-7-8-17)10-19-11-13-5-3-2-4-6-13/h2-6,12,17H,7-11H2,1H3,(H2,15,16,18). The molecular formula is C14H22N2O3. The lowest BCUT2D eigenvalue weighted by atomic mass is 10.2. The van der Waals surface area contributed by atoms with Crippen LogP contribution in [0.2, 0.25) is 0 Å². The third kappa shape index (κ3) is 7.43. The number of hydrogen-bond acceptors (Lipinski definition) is 3. The van der Waals surface area contributed by atoms with Crippen LogP contribution in [0.25, 0.3) is 0 Å². The molecule has 0 fully saturated rings. The first-order chi connectivity index (χ1) is 9.22. The van der Waals surface area contributed by atoms with Gasteiger partial charge in [-0.3, -0.25) is 0 Å². The molecule has 1 rings (SSSR count). The molecule has 106 valence electrons. The van der Waals surface area contributed by atoms with Crippen LogP contribution in [0.4, 0.5) is 4.79 Å². The van der Waals surface area contributed by atoms with Crippen molar-refractivity contribution in [3.63, 3.8) is 0 Å². The molecule has 1 unspecified atom stereocenters. The summed E-state index contributed by atoms with van der Waals surface area (Å²) in [5, 5.41) is 13.8. The predicted octanol–water partition coefficient (Wildman–Crippen LogP) is 1.13. The van der Waals surface area contributed by atoms with Crippen molar-refractivity contribution >= 4 is 6.03 Å². The Morgan fingerprint density at radius 1 is 1.32 bits per heavy atom. The summed E-state index contributed by atoms with van der Waals surface area (Å²) in [6, 6.07) is 9.71. The van der Waals surface area contributed by atoms with Crippen LogP contribution < -0.4 is 10.6 Å². The second-order valence-electron chi connectivity index (χ2n) is 4.47. The zero-order valence-corrected chi connectivity index (χ0v) is 11.3. The zero-order valence-electron chi connectivity index (χ0n) is 11.3. The topological polar surface area (TPSA) is 70.6 Å². The van der Waals surface area contributed by atoms with Gasteiger partial charge in [-0.25, -0.2) is 4.79 Å². The minimum atomic E-state index is -0.260. The largest absolute Gasteiger partial charge is 0.395 e. The fourth-order valence-corrected chi connectivity index (χ4v) is 1.51. The number of aliphatic hydroxyl groups is 1. The van der Waals surface area contributed by atoms with Crippen molar-refractivity contribution < 1.29 is 14.6 Å². The van der Waals surface area contributed by atoms with Gasteiger partial charge in [0.25, 0.3) is 0 Å². The van der Waals surface area contributed by atoms with Gasteiger partial charge in [-0.1, -0.05) is 37.3 Å². The molecular weight excluding hydrogens is 244 g/mol. The first-order valence-electron chi connectivity index (χ1n) is 6.46. The molecule has 5 nitrogen and oxygen atoms in total. The first-order valence-corrected chi connectivity index (χ1v) is 6.46. The Hall–Kier alpha value is -1.59. The third-order valence-corrected chi connectivity index (χ3v) is 2.52. The summed E-state index contributed by atoms with van der Waals surface area (Å²) >= 11 is 0.